The first-order valence-corrected chi connectivity index (χ1v) is 17.8. The highest BCUT2D eigenvalue weighted by atomic mass is 35.5. The average Bonchev–Trinajstić information content (AvgIpc) is 3.36. The summed E-state index contributed by atoms with van der Waals surface area (Å²) in [7, 11) is -3.57. The number of hydrogen-bond acceptors (Lipinski definition) is 8. The van der Waals surface area contributed by atoms with Gasteiger partial charge in [0.15, 0.2) is 0 Å². The van der Waals surface area contributed by atoms with Gasteiger partial charge in [-0.2, -0.15) is 22.6 Å². The topological polar surface area (TPSA) is 124 Å². The number of aromatic nitrogens is 3. The molecule has 3 aromatic rings. The number of carbonyl (C=O) groups is 1. The van der Waals surface area contributed by atoms with E-state index in [9.17, 15) is 31.5 Å². The summed E-state index contributed by atoms with van der Waals surface area (Å²) in [5.74, 6) is 0.204. The molecule has 2 aliphatic heterocycles. The van der Waals surface area contributed by atoms with Crippen LogP contribution in [0.5, 0.6) is 0 Å². The first-order chi connectivity index (χ1) is 22.6. The lowest BCUT2D eigenvalue weighted by molar-refractivity contribution is -0.138. The molecule has 0 bridgehead atoms. The number of rotatable bonds is 10. The van der Waals surface area contributed by atoms with Gasteiger partial charge in [-0.1, -0.05) is 23.2 Å². The van der Waals surface area contributed by atoms with Crippen molar-refractivity contribution in [3.05, 3.63) is 75.6 Å². The van der Waals surface area contributed by atoms with Gasteiger partial charge in [-0.05, 0) is 43.7 Å². The van der Waals surface area contributed by atoms with Gasteiger partial charge in [-0.25, -0.2) is 13.4 Å². The number of carbonyl (C=O) groups excluding carboxylic acids is 1. The molecule has 11 nitrogen and oxygen atoms in total. The number of pyridine rings is 1. The maximum atomic E-state index is 14.0. The molecule has 2 aliphatic rings. The summed E-state index contributed by atoms with van der Waals surface area (Å²) in [5.41, 5.74) is 1.62. The van der Waals surface area contributed by atoms with Crippen molar-refractivity contribution in [2.24, 2.45) is 0 Å². The van der Waals surface area contributed by atoms with Crippen molar-refractivity contribution in [1.29, 1.82) is 0 Å². The Morgan fingerprint density at radius 2 is 1.85 bits per heavy atom. The Kier molecular flexibility index (Phi) is 10.8. The van der Waals surface area contributed by atoms with Gasteiger partial charge in [0.05, 0.1) is 35.2 Å². The van der Waals surface area contributed by atoms with E-state index >= 15 is 0 Å². The summed E-state index contributed by atoms with van der Waals surface area (Å²) in [6, 6.07) is 7.16. The molecule has 1 saturated heterocycles. The van der Waals surface area contributed by atoms with Gasteiger partial charge in [0.2, 0.25) is 15.9 Å². The molecule has 48 heavy (non-hydrogen) atoms. The van der Waals surface area contributed by atoms with E-state index < -0.39 is 33.8 Å². The number of alkyl halides is 3. The van der Waals surface area contributed by atoms with Crippen LogP contribution in [0.25, 0.3) is 11.3 Å². The summed E-state index contributed by atoms with van der Waals surface area (Å²) in [6.07, 6.45) is -1.07. The predicted molar refractivity (Wildman–Crippen MR) is 177 cm³/mol. The monoisotopic (exact) mass is 709 g/mol. The summed E-state index contributed by atoms with van der Waals surface area (Å²) < 4.78 is 69.9. The maximum absolute atomic E-state index is 14.0. The second-order valence-corrected chi connectivity index (χ2v) is 14.8. The lowest BCUT2D eigenvalue weighted by atomic mass is 9.97. The number of anilines is 1. The highest BCUT2D eigenvalue weighted by Gasteiger charge is 2.35. The molecule has 4 heterocycles. The first-order valence-electron chi connectivity index (χ1n) is 15.5. The number of piperazine rings is 1. The van der Waals surface area contributed by atoms with Crippen molar-refractivity contribution >= 4 is 33.3 Å². The number of amides is 1. The number of fused-ring (bicyclic) bond motifs is 1. The third kappa shape index (κ3) is 8.55. The Balaban J connectivity index is 1.39. The molecule has 1 unspecified atom stereocenters. The van der Waals surface area contributed by atoms with Crippen LogP contribution in [0.3, 0.4) is 0 Å². The molecule has 0 aliphatic carbocycles. The van der Waals surface area contributed by atoms with Crippen molar-refractivity contribution in [2.75, 3.05) is 50.4 Å². The highest BCUT2D eigenvalue weighted by molar-refractivity contribution is 7.88. The van der Waals surface area contributed by atoms with Crippen LogP contribution in [0.15, 0.2) is 48.2 Å². The molecule has 1 amide bonds. The molecule has 0 saturated carbocycles. The molecule has 5 rings (SSSR count). The van der Waals surface area contributed by atoms with Gasteiger partial charge in [0.25, 0.3) is 0 Å². The quantitative estimate of drug-likeness (QED) is 0.306. The Hall–Kier alpha value is -3.50. The molecule has 1 aromatic carbocycles. The predicted octanol–water partition coefficient (Wildman–Crippen LogP) is 3.70. The number of aliphatic hydroxyl groups is 1. The van der Waals surface area contributed by atoms with E-state index in [-0.39, 0.29) is 31.7 Å². The lowest BCUT2D eigenvalue weighted by Gasteiger charge is -2.36. The second kappa shape index (κ2) is 14.5. The van der Waals surface area contributed by atoms with E-state index in [1.807, 2.05) is 0 Å². The zero-order valence-corrected chi connectivity index (χ0v) is 28.5. The van der Waals surface area contributed by atoms with Gasteiger partial charge in [-0.15, -0.1) is 0 Å². The summed E-state index contributed by atoms with van der Waals surface area (Å²) in [4.78, 5) is 20.8. The van der Waals surface area contributed by atoms with E-state index in [0.29, 0.717) is 66.6 Å². The standard InChI is InChI=1S/C32H39ClF3N7O4S/c1-21(2)15-29(45)38-17-23-16-22(6-7-26(23)32(34,35)36)30-25-20-42(48(3,46)47)10-8-28(25)43(39-30)19-24(44)18-40-11-13-41(14-12-40)31-27(33)5-4-9-37-31/h4-7,9,15-16,24,44H,8,10-14,17-20H2,1-3H3,(H,38,45). The lowest BCUT2D eigenvalue weighted by Crippen LogP contribution is -2.49. The Morgan fingerprint density at radius 1 is 1.12 bits per heavy atom. The van der Waals surface area contributed by atoms with E-state index in [1.165, 1.54) is 22.5 Å². The van der Waals surface area contributed by atoms with Crippen LogP contribution in [0, 0.1) is 0 Å². The van der Waals surface area contributed by atoms with E-state index in [4.69, 9.17) is 16.7 Å². The van der Waals surface area contributed by atoms with Gasteiger partial charge in [0, 0.05) is 87.9 Å². The normalized spacial score (nSPS) is 16.8. The first kappa shape index (κ1) is 35.8. The SMILES string of the molecule is CC(C)=CC(=O)NCc1cc(-c2nn(CC(O)CN3CCN(c4ncccc4Cl)CC3)c3c2CN(S(C)(=O)=O)CC3)ccc1C(F)(F)F. The van der Waals surface area contributed by atoms with Gasteiger partial charge < -0.3 is 15.3 Å². The molecule has 1 fully saturated rings. The van der Waals surface area contributed by atoms with E-state index in [0.717, 1.165) is 23.8 Å². The number of allylic oxidation sites excluding steroid dienone is 1. The number of benzene rings is 1. The van der Waals surface area contributed by atoms with Crippen LogP contribution in [-0.4, -0.2) is 95.0 Å². The number of nitrogens with zero attached hydrogens (tertiary/aromatic N) is 6. The summed E-state index contributed by atoms with van der Waals surface area (Å²) in [5, 5.41) is 19.0. The average molecular weight is 710 g/mol. The van der Waals surface area contributed by atoms with E-state index in [2.05, 4.69) is 20.1 Å². The van der Waals surface area contributed by atoms with Crippen LogP contribution >= 0.6 is 11.6 Å². The van der Waals surface area contributed by atoms with Crippen LogP contribution in [0.1, 0.15) is 36.2 Å². The van der Waals surface area contributed by atoms with Crippen LogP contribution < -0.4 is 10.2 Å². The fourth-order valence-corrected chi connectivity index (χ4v) is 7.13. The number of sulfonamides is 1. The van der Waals surface area contributed by atoms with Crippen LogP contribution in [-0.2, 0) is 47.0 Å². The fraction of sp³-hybridized carbons (Fsp3) is 0.469. The smallest absolute Gasteiger partial charge is 0.390 e. The molecule has 0 spiro atoms. The second-order valence-electron chi connectivity index (χ2n) is 12.4. The number of nitrogens with one attached hydrogen (secondary N) is 1. The highest BCUT2D eigenvalue weighted by Crippen LogP contribution is 2.37. The van der Waals surface area contributed by atoms with Crippen molar-refractivity contribution in [3.63, 3.8) is 0 Å². The van der Waals surface area contributed by atoms with Crippen molar-refractivity contribution in [2.45, 2.75) is 52.2 Å². The Morgan fingerprint density at radius 3 is 2.50 bits per heavy atom. The molecule has 260 valence electrons. The summed E-state index contributed by atoms with van der Waals surface area (Å²) in [6.45, 7) is 6.41. The van der Waals surface area contributed by atoms with Crippen LogP contribution in [0.2, 0.25) is 5.02 Å². The molecule has 16 heteroatoms. The largest absolute Gasteiger partial charge is 0.416 e. The number of β-amino-alcohol motifs (C(OH)–C–C–N with tert-alkyl or cyclic N) is 1. The number of halogens is 4. The van der Waals surface area contributed by atoms with Gasteiger partial charge in [0.1, 0.15) is 5.82 Å². The Bertz CT molecular complexity index is 1790. The third-order valence-electron chi connectivity index (χ3n) is 8.39. The zero-order valence-electron chi connectivity index (χ0n) is 27.0. The molecule has 1 atom stereocenters. The zero-order chi connectivity index (χ0) is 34.8. The maximum Gasteiger partial charge on any atom is 0.416 e. The molecular weight excluding hydrogens is 671 g/mol. The van der Waals surface area contributed by atoms with Crippen molar-refractivity contribution < 1.29 is 31.5 Å². The molecule has 0 radical (unpaired) electrons. The third-order valence-corrected chi connectivity index (χ3v) is 9.93. The molecule has 2 aromatic heterocycles. The van der Waals surface area contributed by atoms with Gasteiger partial charge in [-0.3, -0.25) is 14.4 Å². The fourth-order valence-electron chi connectivity index (χ4n) is 6.10. The van der Waals surface area contributed by atoms with Crippen molar-refractivity contribution in [1.82, 2.24) is 29.3 Å². The minimum absolute atomic E-state index is 0.00863. The molecular formula is C32H39ClF3N7O4S. The number of hydrogen-bond donors (Lipinski definition) is 2. The number of aliphatic hydroxyl groups excluding tert-OH is 1. The van der Waals surface area contributed by atoms with Gasteiger partial charge >= 0.3 is 6.18 Å². The van der Waals surface area contributed by atoms with E-state index in [1.54, 1.807) is 36.9 Å². The van der Waals surface area contributed by atoms with Crippen LogP contribution in [0.4, 0.5) is 19.0 Å². The minimum atomic E-state index is -4.67. The van der Waals surface area contributed by atoms with Crippen molar-refractivity contribution in [3.8, 4) is 11.3 Å². The minimum Gasteiger partial charge on any atom is -0.390 e. The molecule has 2 N–H and O–H groups in total. The Labute approximate surface area is 283 Å². The summed E-state index contributed by atoms with van der Waals surface area (Å²) >= 11 is 6.31.